The summed E-state index contributed by atoms with van der Waals surface area (Å²) in [7, 11) is 0. The number of hydrazine groups is 1. The highest BCUT2D eigenvalue weighted by Crippen LogP contribution is 2.28. The van der Waals surface area contributed by atoms with Gasteiger partial charge in [-0.25, -0.2) is 0 Å². The molecule has 0 aliphatic carbocycles. The quantitative estimate of drug-likeness (QED) is 0.526. The molecule has 0 aliphatic rings. The van der Waals surface area contributed by atoms with E-state index < -0.39 is 17.7 Å². The first-order chi connectivity index (χ1) is 14.4. The number of rotatable bonds is 9. The van der Waals surface area contributed by atoms with Gasteiger partial charge in [-0.3, -0.25) is 25.2 Å². The standard InChI is InChI=1S/C21H24ClN3O5/c1-3-29-17-10-7-15(12-18(17)30-4-2)21(28)23-13-20(27)25-24-19(26)11-14-5-8-16(22)9-6-14/h5-10,12H,3-4,11,13H2,1-2H3,(H,23,28)(H,24,26)(H,25,27). The van der Waals surface area contributed by atoms with Crippen LogP contribution >= 0.6 is 11.6 Å². The van der Waals surface area contributed by atoms with Crippen molar-refractivity contribution in [2.45, 2.75) is 20.3 Å². The molecular formula is C21H24ClN3O5. The molecule has 0 heterocycles. The van der Waals surface area contributed by atoms with Crippen LogP contribution < -0.4 is 25.6 Å². The third kappa shape index (κ3) is 7.29. The third-order valence-corrected chi connectivity index (χ3v) is 4.09. The molecule has 160 valence electrons. The molecule has 0 saturated heterocycles. The van der Waals surface area contributed by atoms with Crippen molar-refractivity contribution in [3.63, 3.8) is 0 Å². The maximum absolute atomic E-state index is 12.3. The first-order valence-electron chi connectivity index (χ1n) is 9.42. The van der Waals surface area contributed by atoms with Gasteiger partial charge in [0.2, 0.25) is 5.91 Å². The topological polar surface area (TPSA) is 106 Å². The van der Waals surface area contributed by atoms with Crippen LogP contribution in [0.2, 0.25) is 5.02 Å². The van der Waals surface area contributed by atoms with Crippen molar-refractivity contribution >= 4 is 29.3 Å². The summed E-state index contributed by atoms with van der Waals surface area (Å²) in [5, 5.41) is 3.06. The Balaban J connectivity index is 1.81. The number of halogens is 1. The molecule has 2 rings (SSSR count). The van der Waals surface area contributed by atoms with Gasteiger partial charge in [0.1, 0.15) is 0 Å². The Hall–Kier alpha value is -3.26. The van der Waals surface area contributed by atoms with Crippen molar-refractivity contribution in [3.8, 4) is 11.5 Å². The van der Waals surface area contributed by atoms with Crippen LogP contribution in [-0.2, 0) is 16.0 Å². The van der Waals surface area contributed by atoms with Gasteiger partial charge in [0.05, 0.1) is 26.2 Å². The predicted octanol–water partition coefficient (Wildman–Crippen LogP) is 2.26. The minimum absolute atomic E-state index is 0.0796. The molecule has 0 aromatic heterocycles. The Kier molecular flexibility index (Phi) is 8.96. The van der Waals surface area contributed by atoms with Gasteiger partial charge in [0, 0.05) is 10.6 Å². The van der Waals surface area contributed by atoms with Gasteiger partial charge < -0.3 is 14.8 Å². The molecule has 3 amide bonds. The lowest BCUT2D eigenvalue weighted by atomic mass is 10.1. The Morgan fingerprint density at radius 1 is 0.867 bits per heavy atom. The van der Waals surface area contributed by atoms with Crippen LogP contribution in [0.4, 0.5) is 0 Å². The number of hydrogen-bond donors (Lipinski definition) is 3. The van der Waals surface area contributed by atoms with E-state index in [0.717, 1.165) is 5.56 Å². The zero-order valence-corrected chi connectivity index (χ0v) is 17.5. The number of benzene rings is 2. The average Bonchev–Trinajstić information content (AvgIpc) is 2.73. The summed E-state index contributed by atoms with van der Waals surface area (Å²) in [6.45, 7) is 4.26. The van der Waals surface area contributed by atoms with Gasteiger partial charge in [-0.05, 0) is 49.7 Å². The summed E-state index contributed by atoms with van der Waals surface area (Å²) in [4.78, 5) is 36.1. The van der Waals surface area contributed by atoms with E-state index in [9.17, 15) is 14.4 Å². The predicted molar refractivity (Wildman–Crippen MR) is 113 cm³/mol. The first-order valence-corrected chi connectivity index (χ1v) is 9.80. The van der Waals surface area contributed by atoms with Gasteiger partial charge >= 0.3 is 0 Å². The molecule has 0 unspecified atom stereocenters. The van der Waals surface area contributed by atoms with E-state index in [-0.39, 0.29) is 13.0 Å². The van der Waals surface area contributed by atoms with E-state index in [2.05, 4.69) is 16.2 Å². The van der Waals surface area contributed by atoms with Crippen LogP contribution in [0.25, 0.3) is 0 Å². The minimum atomic E-state index is -0.566. The fourth-order valence-electron chi connectivity index (χ4n) is 2.47. The maximum Gasteiger partial charge on any atom is 0.257 e. The fourth-order valence-corrected chi connectivity index (χ4v) is 2.60. The van der Waals surface area contributed by atoms with E-state index in [1.54, 1.807) is 42.5 Å². The van der Waals surface area contributed by atoms with Crippen molar-refractivity contribution in [1.29, 1.82) is 0 Å². The van der Waals surface area contributed by atoms with E-state index in [4.69, 9.17) is 21.1 Å². The lowest BCUT2D eigenvalue weighted by molar-refractivity contribution is -0.128. The van der Waals surface area contributed by atoms with Crippen molar-refractivity contribution in [2.75, 3.05) is 19.8 Å². The van der Waals surface area contributed by atoms with E-state index >= 15 is 0 Å². The van der Waals surface area contributed by atoms with Gasteiger partial charge in [-0.15, -0.1) is 0 Å². The van der Waals surface area contributed by atoms with Crippen molar-refractivity contribution in [2.24, 2.45) is 0 Å². The molecule has 3 N–H and O–H groups in total. The Morgan fingerprint density at radius 2 is 1.50 bits per heavy atom. The normalized spacial score (nSPS) is 10.1. The summed E-state index contributed by atoms with van der Waals surface area (Å²) < 4.78 is 10.9. The highest BCUT2D eigenvalue weighted by atomic mass is 35.5. The summed E-state index contributed by atoms with van der Waals surface area (Å²) in [6.07, 6.45) is 0.0796. The van der Waals surface area contributed by atoms with Crippen LogP contribution in [0.15, 0.2) is 42.5 Å². The molecule has 8 nitrogen and oxygen atoms in total. The number of hydrogen-bond acceptors (Lipinski definition) is 5. The zero-order chi connectivity index (χ0) is 21.9. The van der Waals surface area contributed by atoms with Crippen LogP contribution in [0, 0.1) is 0 Å². The largest absolute Gasteiger partial charge is 0.490 e. The number of carbonyl (C=O) groups excluding carboxylic acids is 3. The second-order valence-electron chi connectivity index (χ2n) is 6.11. The molecule has 9 heteroatoms. The van der Waals surface area contributed by atoms with Gasteiger partial charge in [-0.2, -0.15) is 0 Å². The maximum atomic E-state index is 12.3. The molecule has 0 fully saturated rings. The molecule has 2 aromatic rings. The van der Waals surface area contributed by atoms with Crippen LogP contribution in [0.1, 0.15) is 29.8 Å². The SMILES string of the molecule is CCOc1ccc(C(=O)NCC(=O)NNC(=O)Cc2ccc(Cl)cc2)cc1OCC. The van der Waals surface area contributed by atoms with Crippen molar-refractivity contribution < 1.29 is 23.9 Å². The highest BCUT2D eigenvalue weighted by Gasteiger charge is 2.13. The zero-order valence-electron chi connectivity index (χ0n) is 16.8. The lowest BCUT2D eigenvalue weighted by Gasteiger charge is -2.12. The van der Waals surface area contributed by atoms with Crippen LogP contribution in [-0.4, -0.2) is 37.5 Å². The number of carbonyl (C=O) groups is 3. The highest BCUT2D eigenvalue weighted by molar-refractivity contribution is 6.30. The van der Waals surface area contributed by atoms with Crippen LogP contribution in [0.5, 0.6) is 11.5 Å². The van der Waals surface area contributed by atoms with Gasteiger partial charge in [-0.1, -0.05) is 23.7 Å². The first kappa shape index (κ1) is 23.0. The fraction of sp³-hybridized carbons (Fsp3) is 0.286. The van der Waals surface area contributed by atoms with Crippen LogP contribution in [0.3, 0.4) is 0 Å². The Morgan fingerprint density at radius 3 is 2.17 bits per heavy atom. The lowest BCUT2D eigenvalue weighted by Crippen LogP contribution is -2.46. The molecule has 0 aliphatic heterocycles. The smallest absolute Gasteiger partial charge is 0.257 e. The molecule has 30 heavy (non-hydrogen) atoms. The average molecular weight is 434 g/mol. The van der Waals surface area contributed by atoms with E-state index in [1.165, 1.54) is 0 Å². The Bertz CT molecular complexity index is 887. The second kappa shape index (κ2) is 11.7. The molecule has 0 saturated carbocycles. The molecule has 0 radical (unpaired) electrons. The van der Waals surface area contributed by atoms with Gasteiger partial charge in [0.15, 0.2) is 11.5 Å². The molecule has 2 aromatic carbocycles. The Labute approximate surface area is 179 Å². The van der Waals surface area contributed by atoms with E-state index in [1.807, 2.05) is 13.8 Å². The third-order valence-electron chi connectivity index (χ3n) is 3.83. The molecule has 0 bridgehead atoms. The second-order valence-corrected chi connectivity index (χ2v) is 6.55. The summed E-state index contributed by atoms with van der Waals surface area (Å²) >= 11 is 5.80. The number of ether oxygens (including phenoxy) is 2. The monoisotopic (exact) mass is 433 g/mol. The summed E-state index contributed by atoms with van der Waals surface area (Å²) in [5.74, 6) is -0.432. The number of amides is 3. The summed E-state index contributed by atoms with van der Waals surface area (Å²) in [5.41, 5.74) is 5.62. The van der Waals surface area contributed by atoms with Crippen molar-refractivity contribution in [3.05, 3.63) is 58.6 Å². The molecular weight excluding hydrogens is 410 g/mol. The van der Waals surface area contributed by atoms with E-state index in [0.29, 0.717) is 35.3 Å². The minimum Gasteiger partial charge on any atom is -0.490 e. The van der Waals surface area contributed by atoms with Crippen molar-refractivity contribution in [1.82, 2.24) is 16.2 Å². The number of nitrogens with one attached hydrogen (secondary N) is 3. The van der Waals surface area contributed by atoms with Gasteiger partial charge in [0.25, 0.3) is 11.8 Å². The summed E-state index contributed by atoms with van der Waals surface area (Å²) in [6, 6.07) is 11.6. The molecule has 0 atom stereocenters. The molecule has 0 spiro atoms.